The van der Waals surface area contributed by atoms with Gasteiger partial charge in [-0.3, -0.25) is 9.59 Å². The van der Waals surface area contributed by atoms with Crippen LogP contribution in [0, 0.1) is 11.7 Å². The van der Waals surface area contributed by atoms with E-state index in [2.05, 4.69) is 26.1 Å². The molecular formula is C29H29BrFN3O3. The summed E-state index contributed by atoms with van der Waals surface area (Å²) in [6.45, 7) is 2.44. The number of hydrogen-bond donors (Lipinski definition) is 1. The maximum atomic E-state index is 15.8. The third-order valence-electron chi connectivity index (χ3n) is 7.82. The number of ketones is 1. The van der Waals surface area contributed by atoms with Crippen molar-refractivity contribution < 1.29 is 13.9 Å². The lowest BCUT2D eigenvalue weighted by molar-refractivity contribution is 0.104. The largest absolute Gasteiger partial charge is 0.492 e. The van der Waals surface area contributed by atoms with Gasteiger partial charge >= 0.3 is 0 Å². The van der Waals surface area contributed by atoms with Gasteiger partial charge in [0.2, 0.25) is 5.43 Å². The second kappa shape index (κ2) is 9.72. The lowest BCUT2D eigenvalue weighted by Gasteiger charge is -2.25. The van der Waals surface area contributed by atoms with Gasteiger partial charge in [0.1, 0.15) is 5.69 Å². The molecule has 1 N–H and O–H groups in total. The molecule has 1 aromatic heterocycles. The highest BCUT2D eigenvalue weighted by Crippen LogP contribution is 2.45. The second-order valence-corrected chi connectivity index (χ2v) is 11.2. The van der Waals surface area contributed by atoms with Gasteiger partial charge in [-0.2, -0.15) is 0 Å². The van der Waals surface area contributed by atoms with Crippen molar-refractivity contribution in [3.8, 4) is 5.75 Å². The van der Waals surface area contributed by atoms with Gasteiger partial charge in [0.05, 0.1) is 23.6 Å². The number of halogens is 2. The van der Waals surface area contributed by atoms with Gasteiger partial charge in [-0.25, -0.2) is 4.39 Å². The van der Waals surface area contributed by atoms with E-state index < -0.39 is 17.0 Å². The summed E-state index contributed by atoms with van der Waals surface area (Å²) in [5, 5.41) is 3.75. The molecule has 2 aromatic carbocycles. The summed E-state index contributed by atoms with van der Waals surface area (Å²) in [6.07, 6.45) is 8.86. The smallest absolute Gasteiger partial charge is 0.200 e. The summed E-state index contributed by atoms with van der Waals surface area (Å²) in [5.41, 5.74) is 1.39. The predicted octanol–water partition coefficient (Wildman–Crippen LogP) is 5.33. The van der Waals surface area contributed by atoms with Crippen LogP contribution >= 0.6 is 15.9 Å². The van der Waals surface area contributed by atoms with E-state index in [1.54, 1.807) is 12.3 Å². The Hall–Kier alpha value is -2.97. The molecule has 0 spiro atoms. The number of pyridine rings is 1. The van der Waals surface area contributed by atoms with E-state index in [0.717, 1.165) is 48.8 Å². The third kappa shape index (κ3) is 4.50. The number of carbonyl (C=O) groups excluding carboxylic acids is 1. The third-order valence-corrected chi connectivity index (χ3v) is 8.35. The first-order valence-corrected chi connectivity index (χ1v) is 13.7. The quantitative estimate of drug-likeness (QED) is 0.323. The van der Waals surface area contributed by atoms with Crippen LogP contribution in [-0.2, 0) is 0 Å². The minimum Gasteiger partial charge on any atom is -0.492 e. The minimum absolute atomic E-state index is 0.0401. The molecule has 0 bridgehead atoms. The number of nitrogens with zero attached hydrogens (tertiary/aromatic N) is 2. The zero-order chi connectivity index (χ0) is 25.7. The van der Waals surface area contributed by atoms with E-state index in [9.17, 15) is 9.59 Å². The number of carbonyl (C=O) groups is 1. The molecule has 3 aromatic rings. The maximum absolute atomic E-state index is 15.8. The number of nitrogens with one attached hydrogen (secondary N) is 1. The first-order valence-electron chi connectivity index (χ1n) is 12.9. The number of rotatable bonds is 6. The normalized spacial score (nSPS) is 21.5. The van der Waals surface area contributed by atoms with Crippen LogP contribution < -0.4 is 20.4 Å². The first-order chi connectivity index (χ1) is 17.9. The van der Waals surface area contributed by atoms with Crippen LogP contribution in [0.4, 0.5) is 10.1 Å². The Balaban J connectivity index is 1.45. The van der Waals surface area contributed by atoms with Crippen LogP contribution in [0.5, 0.6) is 5.75 Å². The number of ether oxygens (including phenoxy) is 1. The number of anilines is 1. The Morgan fingerprint density at radius 3 is 2.68 bits per heavy atom. The van der Waals surface area contributed by atoms with Crippen LogP contribution in [0.2, 0.25) is 0 Å². The first kappa shape index (κ1) is 24.4. The van der Waals surface area contributed by atoms with E-state index in [1.165, 1.54) is 19.3 Å². The number of methoxy groups -OCH3 is 1. The van der Waals surface area contributed by atoms with Crippen molar-refractivity contribution in [1.82, 2.24) is 9.88 Å². The van der Waals surface area contributed by atoms with E-state index >= 15 is 4.39 Å². The van der Waals surface area contributed by atoms with Gasteiger partial charge in [-0.05, 0) is 68.0 Å². The van der Waals surface area contributed by atoms with E-state index in [1.807, 2.05) is 28.8 Å². The number of aromatic nitrogens is 1. The molecule has 2 atom stereocenters. The predicted molar refractivity (Wildman–Crippen MR) is 147 cm³/mol. The topological polar surface area (TPSA) is 63.6 Å². The molecule has 2 saturated heterocycles. The van der Waals surface area contributed by atoms with Gasteiger partial charge in [0.15, 0.2) is 17.3 Å². The van der Waals surface area contributed by atoms with E-state index in [-0.39, 0.29) is 17.0 Å². The molecule has 37 heavy (non-hydrogen) atoms. The molecule has 2 aliphatic heterocycles. The van der Waals surface area contributed by atoms with E-state index in [4.69, 9.17) is 4.74 Å². The number of piperidine rings is 1. The standard InChI is InChI=1S/C29H29BrFN3O3/c1-37-29-26-21(13-23(31)27(29)33-14-18-3-2-12-32-24(18)16-33)28(36)22(15-34(26)20-9-10-20)25(35)11-6-17-4-7-19(30)8-5-17/h4-8,11,13,15,18,20,24,32H,2-3,9-10,12,14,16H2,1H3. The molecule has 3 aliphatic rings. The summed E-state index contributed by atoms with van der Waals surface area (Å²) < 4.78 is 24.5. The molecule has 2 unspecified atom stereocenters. The zero-order valence-electron chi connectivity index (χ0n) is 20.7. The summed E-state index contributed by atoms with van der Waals surface area (Å²) in [4.78, 5) is 28.8. The summed E-state index contributed by atoms with van der Waals surface area (Å²) >= 11 is 3.40. The van der Waals surface area contributed by atoms with Crippen LogP contribution in [0.3, 0.4) is 0 Å². The Morgan fingerprint density at radius 2 is 1.97 bits per heavy atom. The fourth-order valence-corrected chi connectivity index (χ4v) is 6.08. The van der Waals surface area contributed by atoms with Gasteiger partial charge in [0, 0.05) is 35.8 Å². The van der Waals surface area contributed by atoms with Crippen molar-refractivity contribution >= 4 is 44.4 Å². The average molecular weight is 566 g/mol. The van der Waals surface area contributed by atoms with Crippen molar-refractivity contribution in [2.75, 3.05) is 31.6 Å². The zero-order valence-corrected chi connectivity index (χ0v) is 22.3. The van der Waals surface area contributed by atoms with Gasteiger partial charge in [0.25, 0.3) is 0 Å². The second-order valence-electron chi connectivity index (χ2n) is 10.3. The van der Waals surface area contributed by atoms with Crippen molar-refractivity contribution in [3.05, 3.63) is 74.2 Å². The average Bonchev–Trinajstić information content (AvgIpc) is 3.66. The Labute approximate surface area is 223 Å². The SMILES string of the molecule is COc1c(N2CC3CCCNC3C2)c(F)cc2c(=O)c(C(=O)C=Cc3ccc(Br)cc3)cn(C3CC3)c12. The minimum atomic E-state index is -0.488. The molecule has 0 radical (unpaired) electrons. The summed E-state index contributed by atoms with van der Waals surface area (Å²) in [5.74, 6) is -0.0430. The molecule has 192 valence electrons. The van der Waals surface area contributed by atoms with Crippen molar-refractivity contribution in [2.24, 2.45) is 5.92 Å². The highest BCUT2D eigenvalue weighted by Gasteiger charge is 2.38. The highest BCUT2D eigenvalue weighted by atomic mass is 79.9. The number of fused-ring (bicyclic) bond motifs is 2. The monoisotopic (exact) mass is 565 g/mol. The van der Waals surface area contributed by atoms with E-state index in [0.29, 0.717) is 35.5 Å². The molecule has 1 aliphatic carbocycles. The molecule has 3 heterocycles. The van der Waals surface area contributed by atoms with Crippen LogP contribution in [0.1, 0.15) is 47.6 Å². The Bertz CT molecular complexity index is 1450. The molecule has 8 heteroatoms. The van der Waals surface area contributed by atoms with Crippen LogP contribution in [0.15, 0.2) is 51.9 Å². The summed E-state index contributed by atoms with van der Waals surface area (Å²) in [6, 6.07) is 9.32. The van der Waals surface area contributed by atoms with Crippen molar-refractivity contribution in [2.45, 2.75) is 37.8 Å². The molecule has 3 fully saturated rings. The van der Waals surface area contributed by atoms with Crippen LogP contribution in [0.25, 0.3) is 17.0 Å². The molecule has 0 amide bonds. The lowest BCUT2D eigenvalue weighted by Crippen LogP contribution is -2.40. The Morgan fingerprint density at radius 1 is 1.19 bits per heavy atom. The lowest BCUT2D eigenvalue weighted by atomic mass is 9.94. The molecule has 6 rings (SSSR count). The highest BCUT2D eigenvalue weighted by molar-refractivity contribution is 9.10. The van der Waals surface area contributed by atoms with Crippen molar-refractivity contribution in [3.63, 3.8) is 0 Å². The fraction of sp³-hybridized carbons (Fsp3) is 0.379. The molecule has 1 saturated carbocycles. The number of allylic oxidation sites excluding steroid dienone is 1. The molecular weight excluding hydrogens is 537 g/mol. The Kier molecular flexibility index (Phi) is 6.41. The number of hydrogen-bond acceptors (Lipinski definition) is 5. The van der Waals surface area contributed by atoms with Crippen molar-refractivity contribution in [1.29, 1.82) is 0 Å². The van der Waals surface area contributed by atoms with Gasteiger partial charge in [-0.15, -0.1) is 0 Å². The van der Waals surface area contributed by atoms with Gasteiger partial charge < -0.3 is 19.5 Å². The fourth-order valence-electron chi connectivity index (χ4n) is 5.81. The maximum Gasteiger partial charge on any atom is 0.200 e. The summed E-state index contributed by atoms with van der Waals surface area (Å²) in [7, 11) is 1.53. The van der Waals surface area contributed by atoms with Crippen LogP contribution in [-0.4, -0.2) is 43.1 Å². The van der Waals surface area contributed by atoms with Gasteiger partial charge in [-0.1, -0.05) is 34.1 Å². The number of benzene rings is 2. The molecule has 6 nitrogen and oxygen atoms in total.